The van der Waals surface area contributed by atoms with Crippen LogP contribution in [0, 0.1) is 5.92 Å². The lowest BCUT2D eigenvalue weighted by Crippen LogP contribution is -2.48. The summed E-state index contributed by atoms with van der Waals surface area (Å²) in [5.74, 6) is 0.597. The molecule has 0 spiro atoms. The molecule has 0 fully saturated rings. The number of rotatable bonds is 4. The first kappa shape index (κ1) is 14.1. The molecule has 1 N–H and O–H groups in total. The van der Waals surface area contributed by atoms with E-state index in [0.717, 1.165) is 26.1 Å². The Morgan fingerprint density at radius 1 is 1.32 bits per heavy atom. The van der Waals surface area contributed by atoms with Crippen LogP contribution in [0.15, 0.2) is 24.3 Å². The van der Waals surface area contributed by atoms with Crippen LogP contribution in [0.5, 0.6) is 0 Å². The third-order valence-corrected chi connectivity index (χ3v) is 3.96. The molecule has 1 heterocycles. The van der Waals surface area contributed by atoms with Gasteiger partial charge in [0.1, 0.15) is 0 Å². The second-order valence-electron chi connectivity index (χ2n) is 5.74. The first-order valence-corrected chi connectivity index (χ1v) is 7.13. The Bertz CT molecular complexity index is 442. The summed E-state index contributed by atoms with van der Waals surface area (Å²) in [6.45, 7) is 8.87. The van der Waals surface area contributed by atoms with Gasteiger partial charge in [0.15, 0.2) is 0 Å². The number of benzene rings is 1. The molecule has 3 nitrogen and oxygen atoms in total. The molecule has 0 aromatic heterocycles. The minimum absolute atomic E-state index is 0.0584. The smallest absolute Gasteiger partial charge is 0.216 e. The number of hydrogen-bond acceptors (Lipinski definition) is 2. The van der Waals surface area contributed by atoms with Gasteiger partial charge in [-0.25, -0.2) is 0 Å². The Morgan fingerprint density at radius 2 is 2.00 bits per heavy atom. The molecule has 1 aliphatic rings. The quantitative estimate of drug-likeness (QED) is 0.900. The van der Waals surface area contributed by atoms with Gasteiger partial charge in [0.05, 0.1) is 0 Å². The molecule has 19 heavy (non-hydrogen) atoms. The fraction of sp³-hybridized carbons (Fsp3) is 0.562. The van der Waals surface area contributed by atoms with Crippen LogP contribution in [0.3, 0.4) is 0 Å². The number of nitrogens with zero attached hydrogens (tertiary/aromatic N) is 1. The van der Waals surface area contributed by atoms with E-state index in [1.165, 1.54) is 11.1 Å². The second kappa shape index (κ2) is 6.20. The lowest BCUT2D eigenvalue weighted by Gasteiger charge is -2.37. The fourth-order valence-electron chi connectivity index (χ4n) is 2.84. The molecular formula is C16H24N2O. The van der Waals surface area contributed by atoms with Crippen LogP contribution in [-0.2, 0) is 17.8 Å². The first-order chi connectivity index (χ1) is 9.08. The normalized spacial score (nSPS) is 17.1. The third kappa shape index (κ3) is 3.57. The van der Waals surface area contributed by atoms with E-state index in [2.05, 4.69) is 48.3 Å². The first-order valence-electron chi connectivity index (χ1n) is 7.13. The average molecular weight is 260 g/mol. The van der Waals surface area contributed by atoms with E-state index in [1.54, 1.807) is 6.92 Å². The Balaban J connectivity index is 2.06. The molecule has 1 aromatic carbocycles. The molecule has 1 unspecified atom stereocenters. The highest BCUT2D eigenvalue weighted by Gasteiger charge is 2.25. The maximum Gasteiger partial charge on any atom is 0.216 e. The van der Waals surface area contributed by atoms with Crippen LogP contribution < -0.4 is 5.32 Å². The van der Waals surface area contributed by atoms with Crippen molar-refractivity contribution in [3.05, 3.63) is 35.4 Å². The average Bonchev–Trinajstić information content (AvgIpc) is 2.38. The van der Waals surface area contributed by atoms with Gasteiger partial charge in [0, 0.05) is 32.6 Å². The van der Waals surface area contributed by atoms with Crippen molar-refractivity contribution in [2.45, 2.75) is 39.8 Å². The summed E-state index contributed by atoms with van der Waals surface area (Å²) >= 11 is 0. The summed E-state index contributed by atoms with van der Waals surface area (Å²) in [5, 5.41) is 2.97. The lowest BCUT2D eigenvalue weighted by atomic mass is 9.95. The van der Waals surface area contributed by atoms with E-state index in [9.17, 15) is 4.79 Å². The molecule has 1 amide bonds. The number of carbonyl (C=O) groups is 1. The Labute approximate surface area is 116 Å². The summed E-state index contributed by atoms with van der Waals surface area (Å²) in [6.07, 6.45) is 1.11. The molecule has 0 aliphatic carbocycles. The van der Waals surface area contributed by atoms with Gasteiger partial charge < -0.3 is 5.32 Å². The van der Waals surface area contributed by atoms with Crippen molar-refractivity contribution in [2.24, 2.45) is 5.92 Å². The van der Waals surface area contributed by atoms with Crippen molar-refractivity contribution >= 4 is 5.91 Å². The van der Waals surface area contributed by atoms with Gasteiger partial charge in [0.2, 0.25) is 5.91 Å². The Hall–Kier alpha value is -1.35. The topological polar surface area (TPSA) is 32.3 Å². The predicted molar refractivity (Wildman–Crippen MR) is 77.9 cm³/mol. The molecular weight excluding hydrogens is 236 g/mol. The van der Waals surface area contributed by atoms with E-state index in [4.69, 9.17) is 0 Å². The van der Waals surface area contributed by atoms with Crippen molar-refractivity contribution in [1.29, 1.82) is 0 Å². The molecule has 1 atom stereocenters. The number of nitrogens with one attached hydrogen (secondary N) is 1. The highest BCUT2D eigenvalue weighted by atomic mass is 16.1. The minimum Gasteiger partial charge on any atom is -0.355 e. The second-order valence-corrected chi connectivity index (χ2v) is 5.74. The highest BCUT2D eigenvalue weighted by Crippen LogP contribution is 2.22. The molecule has 0 saturated heterocycles. The van der Waals surface area contributed by atoms with Gasteiger partial charge in [-0.1, -0.05) is 38.1 Å². The van der Waals surface area contributed by atoms with Crippen LogP contribution in [0.1, 0.15) is 31.9 Å². The van der Waals surface area contributed by atoms with E-state index in [0.29, 0.717) is 12.0 Å². The van der Waals surface area contributed by atoms with E-state index < -0.39 is 0 Å². The van der Waals surface area contributed by atoms with Crippen LogP contribution >= 0.6 is 0 Å². The van der Waals surface area contributed by atoms with Gasteiger partial charge in [0.25, 0.3) is 0 Å². The Morgan fingerprint density at radius 3 is 2.63 bits per heavy atom. The SMILES string of the molecule is CC(=O)NCC(C(C)C)N1CCc2ccccc2C1. The molecule has 2 rings (SSSR count). The van der Waals surface area contributed by atoms with Crippen molar-refractivity contribution in [3.8, 4) is 0 Å². The summed E-state index contributed by atoms with van der Waals surface area (Å²) in [7, 11) is 0. The van der Waals surface area contributed by atoms with Gasteiger partial charge >= 0.3 is 0 Å². The molecule has 1 aromatic rings. The van der Waals surface area contributed by atoms with Crippen molar-refractivity contribution in [2.75, 3.05) is 13.1 Å². The monoisotopic (exact) mass is 260 g/mol. The van der Waals surface area contributed by atoms with Crippen molar-refractivity contribution in [1.82, 2.24) is 10.2 Å². The number of amides is 1. The van der Waals surface area contributed by atoms with Crippen molar-refractivity contribution in [3.63, 3.8) is 0 Å². The standard InChI is InChI=1S/C16H24N2O/c1-12(2)16(10-17-13(3)19)18-9-8-14-6-4-5-7-15(14)11-18/h4-7,12,16H,8-11H2,1-3H3,(H,17,19). The van der Waals surface area contributed by atoms with Crippen LogP contribution in [-0.4, -0.2) is 29.9 Å². The van der Waals surface area contributed by atoms with Gasteiger partial charge in [-0.15, -0.1) is 0 Å². The zero-order valence-corrected chi connectivity index (χ0v) is 12.1. The van der Waals surface area contributed by atoms with E-state index in [1.807, 2.05) is 0 Å². The summed E-state index contributed by atoms with van der Waals surface area (Å²) < 4.78 is 0. The van der Waals surface area contributed by atoms with Gasteiger partial charge in [-0.05, 0) is 23.5 Å². The van der Waals surface area contributed by atoms with E-state index >= 15 is 0 Å². The van der Waals surface area contributed by atoms with Gasteiger partial charge in [-0.2, -0.15) is 0 Å². The molecule has 3 heteroatoms. The summed E-state index contributed by atoms with van der Waals surface area (Å²) in [4.78, 5) is 13.6. The third-order valence-electron chi connectivity index (χ3n) is 3.96. The molecule has 104 valence electrons. The maximum atomic E-state index is 11.1. The zero-order valence-electron chi connectivity index (χ0n) is 12.1. The number of fused-ring (bicyclic) bond motifs is 1. The fourth-order valence-corrected chi connectivity index (χ4v) is 2.84. The van der Waals surface area contributed by atoms with Crippen LogP contribution in [0.25, 0.3) is 0 Å². The van der Waals surface area contributed by atoms with Gasteiger partial charge in [-0.3, -0.25) is 9.69 Å². The van der Waals surface area contributed by atoms with Crippen molar-refractivity contribution < 1.29 is 4.79 Å². The maximum absolute atomic E-state index is 11.1. The molecule has 0 radical (unpaired) electrons. The summed E-state index contributed by atoms with van der Waals surface area (Å²) in [5.41, 5.74) is 2.91. The zero-order chi connectivity index (χ0) is 13.8. The summed E-state index contributed by atoms with van der Waals surface area (Å²) in [6, 6.07) is 9.09. The van der Waals surface area contributed by atoms with Crippen LogP contribution in [0.2, 0.25) is 0 Å². The molecule has 0 bridgehead atoms. The number of hydrogen-bond donors (Lipinski definition) is 1. The Kier molecular flexibility index (Phi) is 4.59. The predicted octanol–water partition coefficient (Wildman–Crippen LogP) is 2.21. The van der Waals surface area contributed by atoms with E-state index in [-0.39, 0.29) is 5.91 Å². The molecule has 1 aliphatic heterocycles. The minimum atomic E-state index is 0.0584. The largest absolute Gasteiger partial charge is 0.355 e. The van der Waals surface area contributed by atoms with Crippen LogP contribution in [0.4, 0.5) is 0 Å². The lowest BCUT2D eigenvalue weighted by molar-refractivity contribution is -0.119. The molecule has 0 saturated carbocycles. The number of carbonyl (C=O) groups excluding carboxylic acids is 1. The highest BCUT2D eigenvalue weighted by molar-refractivity contribution is 5.72.